The molecule has 0 spiro atoms. The molecule has 148 valence electrons. The number of nitrogens with two attached hydrogens (primary N) is 1. The van der Waals surface area contributed by atoms with Gasteiger partial charge >= 0.3 is 6.18 Å². The number of imidazole rings is 1. The molecule has 4 rings (SSSR count). The Morgan fingerprint density at radius 2 is 1.79 bits per heavy atom. The van der Waals surface area contributed by atoms with E-state index in [2.05, 4.69) is 25.3 Å². The minimum atomic E-state index is -4.43. The van der Waals surface area contributed by atoms with E-state index in [1.54, 1.807) is 6.92 Å². The minimum absolute atomic E-state index is 0.0680. The summed E-state index contributed by atoms with van der Waals surface area (Å²) in [5, 5.41) is 2.82. The van der Waals surface area contributed by atoms with E-state index in [0.29, 0.717) is 22.8 Å². The van der Waals surface area contributed by atoms with Gasteiger partial charge in [0.1, 0.15) is 5.82 Å². The number of hydrogen-bond donors (Lipinski definition) is 2. The first kappa shape index (κ1) is 18.6. The predicted molar refractivity (Wildman–Crippen MR) is 97.8 cm³/mol. The summed E-state index contributed by atoms with van der Waals surface area (Å²) in [6.45, 7) is 1.71. The first-order valence-electron chi connectivity index (χ1n) is 8.30. The summed E-state index contributed by atoms with van der Waals surface area (Å²) in [6.07, 6.45) is -2.15. The van der Waals surface area contributed by atoms with E-state index in [9.17, 15) is 17.6 Å². The highest BCUT2D eigenvalue weighted by Crippen LogP contribution is 2.30. The fourth-order valence-electron chi connectivity index (χ4n) is 2.84. The molecule has 7 nitrogen and oxygen atoms in total. The molecule has 0 aliphatic heterocycles. The lowest BCUT2D eigenvalue weighted by Crippen LogP contribution is -2.06. The molecule has 4 aromatic rings. The van der Waals surface area contributed by atoms with Crippen LogP contribution in [0.1, 0.15) is 11.3 Å². The smallest absolute Gasteiger partial charge is 0.384 e. The largest absolute Gasteiger partial charge is 0.416 e. The molecule has 3 N–H and O–H groups in total. The highest BCUT2D eigenvalue weighted by atomic mass is 19.4. The molecule has 3 aromatic heterocycles. The number of rotatable bonds is 3. The number of hydrogen-bond acceptors (Lipinski definition) is 6. The standard InChI is InChI=1S/C18H13F4N7/c1-9-15(29-8-11(19)7-24-17(29)25-9)13-6-14(23)28-16(27-13)26-12-4-2-10(3-5-12)18(20,21)22/h2-8H,1H3,(H3,23,26,27,28). The van der Waals surface area contributed by atoms with Crippen LogP contribution >= 0.6 is 0 Å². The summed E-state index contributed by atoms with van der Waals surface area (Å²) in [5.74, 6) is -0.0868. The lowest BCUT2D eigenvalue weighted by molar-refractivity contribution is -0.137. The maximum atomic E-state index is 13.6. The predicted octanol–water partition coefficient (Wildman–Crippen LogP) is 3.98. The van der Waals surface area contributed by atoms with Crippen LogP contribution in [0.3, 0.4) is 0 Å². The molecule has 0 unspecified atom stereocenters. The lowest BCUT2D eigenvalue weighted by Gasteiger charge is -2.10. The average molecular weight is 403 g/mol. The van der Waals surface area contributed by atoms with Crippen LogP contribution in [0.2, 0.25) is 0 Å². The average Bonchev–Trinajstić information content (AvgIpc) is 2.96. The molecular weight excluding hydrogens is 390 g/mol. The summed E-state index contributed by atoms with van der Waals surface area (Å²) in [7, 11) is 0. The van der Waals surface area contributed by atoms with Gasteiger partial charge in [-0.15, -0.1) is 0 Å². The number of alkyl halides is 3. The van der Waals surface area contributed by atoms with Gasteiger partial charge in [-0.2, -0.15) is 18.2 Å². The van der Waals surface area contributed by atoms with Crippen molar-refractivity contribution < 1.29 is 17.6 Å². The zero-order valence-corrected chi connectivity index (χ0v) is 14.9. The molecule has 11 heteroatoms. The quantitative estimate of drug-likeness (QED) is 0.503. The molecule has 0 aliphatic carbocycles. The van der Waals surface area contributed by atoms with Crippen molar-refractivity contribution >= 4 is 23.2 Å². The third kappa shape index (κ3) is 3.66. The van der Waals surface area contributed by atoms with Crippen molar-refractivity contribution in [2.75, 3.05) is 11.1 Å². The third-order valence-electron chi connectivity index (χ3n) is 4.08. The van der Waals surface area contributed by atoms with Gasteiger partial charge in [0.2, 0.25) is 11.7 Å². The van der Waals surface area contributed by atoms with Gasteiger partial charge in [0, 0.05) is 11.8 Å². The zero-order valence-electron chi connectivity index (χ0n) is 14.9. The van der Waals surface area contributed by atoms with Gasteiger partial charge in [0.05, 0.1) is 35.0 Å². The Labute approximate surface area is 161 Å². The molecule has 0 amide bonds. The lowest BCUT2D eigenvalue weighted by atomic mass is 10.2. The molecule has 0 saturated carbocycles. The molecule has 29 heavy (non-hydrogen) atoms. The van der Waals surface area contributed by atoms with Crippen LogP contribution in [-0.4, -0.2) is 24.3 Å². The van der Waals surface area contributed by atoms with Crippen LogP contribution in [0, 0.1) is 12.7 Å². The Bertz CT molecular complexity index is 1200. The second kappa shape index (κ2) is 6.69. The van der Waals surface area contributed by atoms with Crippen molar-refractivity contribution in [1.29, 1.82) is 0 Å². The first-order chi connectivity index (χ1) is 13.7. The minimum Gasteiger partial charge on any atom is -0.384 e. The van der Waals surface area contributed by atoms with Crippen molar-refractivity contribution in [1.82, 2.24) is 24.3 Å². The van der Waals surface area contributed by atoms with Crippen LogP contribution < -0.4 is 11.1 Å². The number of benzene rings is 1. The highest BCUT2D eigenvalue weighted by molar-refractivity contribution is 5.67. The van der Waals surface area contributed by atoms with Crippen molar-refractivity contribution in [2.45, 2.75) is 13.1 Å². The number of anilines is 3. The van der Waals surface area contributed by atoms with E-state index < -0.39 is 17.6 Å². The number of nitrogens with one attached hydrogen (secondary N) is 1. The Morgan fingerprint density at radius 1 is 1.07 bits per heavy atom. The fraction of sp³-hybridized carbons (Fsp3) is 0.111. The Hall–Kier alpha value is -3.76. The van der Waals surface area contributed by atoms with Crippen molar-refractivity contribution in [3.05, 3.63) is 59.8 Å². The number of nitrogens with zero attached hydrogens (tertiary/aromatic N) is 5. The maximum Gasteiger partial charge on any atom is 0.416 e. The van der Waals surface area contributed by atoms with E-state index >= 15 is 0 Å². The molecule has 1 aromatic carbocycles. The highest BCUT2D eigenvalue weighted by Gasteiger charge is 2.30. The molecule has 0 bridgehead atoms. The van der Waals surface area contributed by atoms with Crippen molar-refractivity contribution in [3.63, 3.8) is 0 Å². The van der Waals surface area contributed by atoms with E-state index in [0.717, 1.165) is 18.3 Å². The van der Waals surface area contributed by atoms with Gasteiger partial charge in [-0.25, -0.2) is 19.3 Å². The van der Waals surface area contributed by atoms with Crippen molar-refractivity contribution in [2.24, 2.45) is 0 Å². The molecule has 0 saturated heterocycles. The van der Waals surface area contributed by atoms with Gasteiger partial charge in [-0.05, 0) is 31.2 Å². The van der Waals surface area contributed by atoms with Gasteiger partial charge in [0.25, 0.3) is 0 Å². The Kier molecular flexibility index (Phi) is 4.29. The Balaban J connectivity index is 1.72. The number of aromatic nitrogens is 5. The van der Waals surface area contributed by atoms with Gasteiger partial charge in [0.15, 0.2) is 5.82 Å². The molecule has 0 fully saturated rings. The summed E-state index contributed by atoms with van der Waals surface area (Å²) in [6, 6.07) is 5.89. The first-order valence-corrected chi connectivity index (χ1v) is 8.30. The maximum absolute atomic E-state index is 13.6. The number of aryl methyl sites for hydroxylation is 1. The SMILES string of the molecule is Cc1nc2ncc(F)cn2c1-c1cc(N)nc(Nc2ccc(C(F)(F)F)cc2)n1. The number of fused-ring (bicyclic) bond motifs is 1. The van der Waals surface area contributed by atoms with E-state index in [4.69, 9.17) is 5.73 Å². The summed E-state index contributed by atoms with van der Waals surface area (Å²) in [5.41, 5.74) is 6.80. The molecule has 0 aliphatic rings. The van der Waals surface area contributed by atoms with E-state index in [1.165, 1.54) is 28.8 Å². The number of halogens is 4. The Morgan fingerprint density at radius 3 is 2.48 bits per heavy atom. The zero-order chi connectivity index (χ0) is 20.8. The second-order valence-electron chi connectivity index (χ2n) is 6.19. The van der Waals surface area contributed by atoms with Gasteiger partial charge in [-0.1, -0.05) is 0 Å². The second-order valence-corrected chi connectivity index (χ2v) is 6.19. The van der Waals surface area contributed by atoms with Crippen molar-refractivity contribution in [3.8, 4) is 11.4 Å². The number of nitrogen functional groups attached to an aromatic ring is 1. The van der Waals surface area contributed by atoms with Crippen LogP contribution in [-0.2, 0) is 6.18 Å². The summed E-state index contributed by atoms with van der Waals surface area (Å²) < 4.78 is 53.2. The van der Waals surface area contributed by atoms with Crippen LogP contribution in [0.25, 0.3) is 17.2 Å². The van der Waals surface area contributed by atoms with Crippen LogP contribution in [0.15, 0.2) is 42.7 Å². The molecule has 3 heterocycles. The van der Waals surface area contributed by atoms with Crippen LogP contribution in [0.5, 0.6) is 0 Å². The molecule has 0 atom stereocenters. The molecule has 0 radical (unpaired) electrons. The van der Waals surface area contributed by atoms with Gasteiger partial charge < -0.3 is 11.1 Å². The van der Waals surface area contributed by atoms with Crippen LogP contribution in [0.4, 0.5) is 35.0 Å². The normalized spacial score (nSPS) is 11.8. The van der Waals surface area contributed by atoms with Gasteiger partial charge in [-0.3, -0.25) is 4.40 Å². The monoisotopic (exact) mass is 403 g/mol. The van der Waals surface area contributed by atoms with E-state index in [1.807, 2.05) is 0 Å². The summed E-state index contributed by atoms with van der Waals surface area (Å²) >= 11 is 0. The topological polar surface area (TPSA) is 94.0 Å². The van der Waals surface area contributed by atoms with E-state index in [-0.39, 0.29) is 17.5 Å². The summed E-state index contributed by atoms with van der Waals surface area (Å²) in [4.78, 5) is 16.6. The fourth-order valence-corrected chi connectivity index (χ4v) is 2.84. The molecular formula is C18H13F4N7. The third-order valence-corrected chi connectivity index (χ3v) is 4.08.